The normalized spacial score (nSPS) is 11.9. The predicted octanol–water partition coefficient (Wildman–Crippen LogP) is 4.44. The first-order chi connectivity index (χ1) is 17.4. The number of para-hydroxylation sites is 1. The van der Waals surface area contributed by atoms with Crippen molar-refractivity contribution in [2.24, 2.45) is 5.92 Å². The number of rotatable bonds is 9. The lowest BCUT2D eigenvalue weighted by Crippen LogP contribution is -2.51. The molecule has 36 heavy (non-hydrogen) atoms. The van der Waals surface area contributed by atoms with E-state index in [2.05, 4.69) is 15.6 Å². The molecule has 8 heteroatoms. The monoisotopic (exact) mass is 485 g/mol. The van der Waals surface area contributed by atoms with Crippen molar-refractivity contribution < 1.29 is 14.3 Å². The maximum Gasteiger partial charge on any atom is 0.247 e. The first-order valence-electron chi connectivity index (χ1n) is 11.9. The van der Waals surface area contributed by atoms with E-state index < -0.39 is 6.04 Å². The Hall–Kier alpha value is -4.20. The Balaban J connectivity index is 1.65. The minimum atomic E-state index is -0.700. The Labute approximate surface area is 210 Å². The fraction of sp³-hybridized carbons (Fsp3) is 0.286. The Morgan fingerprint density at radius 1 is 1.00 bits per heavy atom. The molecule has 4 aromatic rings. The highest BCUT2D eigenvalue weighted by molar-refractivity contribution is 5.97. The number of ether oxygens (including phenoxy) is 1. The third-order valence-corrected chi connectivity index (χ3v) is 6.22. The van der Waals surface area contributed by atoms with Crippen LogP contribution in [-0.4, -0.2) is 44.9 Å². The van der Waals surface area contributed by atoms with Crippen LogP contribution in [0.5, 0.6) is 5.75 Å². The fourth-order valence-corrected chi connectivity index (χ4v) is 4.26. The van der Waals surface area contributed by atoms with E-state index >= 15 is 0 Å². The lowest BCUT2D eigenvalue weighted by molar-refractivity contribution is -0.141. The molecule has 0 spiro atoms. The summed E-state index contributed by atoms with van der Waals surface area (Å²) in [7, 11) is 1.59. The van der Waals surface area contributed by atoms with Crippen LogP contribution in [0, 0.1) is 12.8 Å². The molecule has 0 aliphatic heterocycles. The van der Waals surface area contributed by atoms with Gasteiger partial charge < -0.3 is 15.0 Å². The summed E-state index contributed by atoms with van der Waals surface area (Å²) in [5.41, 5.74) is 4.16. The molecule has 186 valence electrons. The van der Waals surface area contributed by atoms with Gasteiger partial charge in [0.2, 0.25) is 11.8 Å². The summed E-state index contributed by atoms with van der Waals surface area (Å²) in [4.78, 5) is 29.0. The van der Waals surface area contributed by atoms with E-state index in [1.807, 2.05) is 69.3 Å². The van der Waals surface area contributed by atoms with E-state index in [9.17, 15) is 9.59 Å². The summed E-state index contributed by atoms with van der Waals surface area (Å²) in [5.74, 6) is 0.103. The average molecular weight is 486 g/mol. The van der Waals surface area contributed by atoms with Crippen molar-refractivity contribution in [2.75, 3.05) is 12.4 Å². The number of nitrogens with zero attached hydrogens (tertiary/aromatic N) is 4. The van der Waals surface area contributed by atoms with E-state index in [-0.39, 0.29) is 24.3 Å². The molecule has 0 fully saturated rings. The first kappa shape index (κ1) is 24.9. The second-order valence-electron chi connectivity index (χ2n) is 9.09. The van der Waals surface area contributed by atoms with Gasteiger partial charge in [0.05, 0.1) is 12.6 Å². The van der Waals surface area contributed by atoms with Gasteiger partial charge in [-0.1, -0.05) is 55.5 Å². The van der Waals surface area contributed by atoms with Gasteiger partial charge in [0.25, 0.3) is 0 Å². The van der Waals surface area contributed by atoms with Crippen LogP contribution in [-0.2, 0) is 22.7 Å². The molecule has 8 nitrogen and oxygen atoms in total. The van der Waals surface area contributed by atoms with Crippen molar-refractivity contribution in [3.63, 3.8) is 0 Å². The molecular formula is C28H31N5O3. The summed E-state index contributed by atoms with van der Waals surface area (Å²) in [6.07, 6.45) is 0. The molecule has 4 rings (SSSR count). The lowest BCUT2D eigenvalue weighted by Gasteiger charge is -2.34. The average Bonchev–Trinajstić information content (AvgIpc) is 3.27. The van der Waals surface area contributed by atoms with Crippen molar-refractivity contribution in [1.82, 2.24) is 19.9 Å². The summed E-state index contributed by atoms with van der Waals surface area (Å²) < 4.78 is 6.79. The van der Waals surface area contributed by atoms with Crippen LogP contribution in [0.25, 0.3) is 11.0 Å². The SMILES string of the molecule is COc1ccc(NC(=O)[C@@H](C(C)C)N(Cc2ccccc2C)C(=O)Cn2nnc3ccccc32)cc1. The highest BCUT2D eigenvalue weighted by Crippen LogP contribution is 2.22. The molecule has 3 aromatic carbocycles. The van der Waals surface area contributed by atoms with Gasteiger partial charge in [0.1, 0.15) is 23.9 Å². The topological polar surface area (TPSA) is 89.4 Å². The minimum absolute atomic E-state index is 0.0224. The van der Waals surface area contributed by atoms with Gasteiger partial charge in [-0.05, 0) is 60.4 Å². The quantitative estimate of drug-likeness (QED) is 0.379. The number of benzene rings is 3. The molecule has 0 aliphatic carbocycles. The number of amides is 2. The van der Waals surface area contributed by atoms with Crippen LogP contribution in [0.1, 0.15) is 25.0 Å². The van der Waals surface area contributed by atoms with Gasteiger partial charge in [-0.2, -0.15) is 0 Å². The number of carbonyl (C=O) groups excluding carboxylic acids is 2. The van der Waals surface area contributed by atoms with Crippen LogP contribution in [0.15, 0.2) is 72.8 Å². The van der Waals surface area contributed by atoms with Crippen LogP contribution >= 0.6 is 0 Å². The number of methoxy groups -OCH3 is 1. The zero-order valence-corrected chi connectivity index (χ0v) is 21.0. The third-order valence-electron chi connectivity index (χ3n) is 6.22. The number of aromatic nitrogens is 3. The number of aryl methyl sites for hydroxylation is 1. The van der Waals surface area contributed by atoms with Crippen LogP contribution < -0.4 is 10.1 Å². The standard InChI is InChI=1S/C28H31N5O3/c1-19(2)27(28(35)29-22-13-15-23(36-4)16-14-22)32(17-21-10-6-5-9-20(21)3)26(34)18-33-25-12-8-7-11-24(25)30-31-33/h5-16,19,27H,17-18H2,1-4H3,(H,29,35)/t27-/m1/s1. The summed E-state index contributed by atoms with van der Waals surface area (Å²) in [6.45, 7) is 6.18. The number of carbonyl (C=O) groups is 2. The number of hydrogen-bond donors (Lipinski definition) is 1. The highest BCUT2D eigenvalue weighted by Gasteiger charge is 2.33. The number of hydrogen-bond acceptors (Lipinski definition) is 5. The second kappa shape index (κ2) is 11.0. The minimum Gasteiger partial charge on any atom is -0.497 e. The molecule has 0 radical (unpaired) electrons. The van der Waals surface area contributed by atoms with Gasteiger partial charge in [-0.3, -0.25) is 9.59 Å². The van der Waals surface area contributed by atoms with Gasteiger partial charge in [-0.15, -0.1) is 5.10 Å². The van der Waals surface area contributed by atoms with E-state index in [1.54, 1.807) is 41.0 Å². The molecule has 1 heterocycles. The van der Waals surface area contributed by atoms with Gasteiger partial charge in [-0.25, -0.2) is 4.68 Å². The third kappa shape index (κ3) is 5.54. The number of nitrogens with one attached hydrogen (secondary N) is 1. The Morgan fingerprint density at radius 3 is 2.39 bits per heavy atom. The predicted molar refractivity (Wildman–Crippen MR) is 140 cm³/mol. The Morgan fingerprint density at radius 2 is 1.69 bits per heavy atom. The van der Waals surface area contributed by atoms with E-state index in [0.29, 0.717) is 23.5 Å². The van der Waals surface area contributed by atoms with Crippen LogP contribution in [0.4, 0.5) is 5.69 Å². The fourth-order valence-electron chi connectivity index (χ4n) is 4.26. The molecule has 1 N–H and O–H groups in total. The number of anilines is 1. The molecule has 0 unspecified atom stereocenters. The molecule has 0 bridgehead atoms. The molecule has 2 amide bonds. The van der Waals surface area contributed by atoms with E-state index in [4.69, 9.17) is 4.74 Å². The summed E-state index contributed by atoms with van der Waals surface area (Å²) >= 11 is 0. The van der Waals surface area contributed by atoms with E-state index in [0.717, 1.165) is 16.6 Å². The van der Waals surface area contributed by atoms with Crippen LogP contribution in [0.3, 0.4) is 0 Å². The summed E-state index contributed by atoms with van der Waals surface area (Å²) in [6, 6.07) is 21.8. The van der Waals surface area contributed by atoms with Crippen molar-refractivity contribution >= 4 is 28.5 Å². The molecule has 1 atom stereocenters. The Kier molecular flexibility index (Phi) is 7.63. The smallest absolute Gasteiger partial charge is 0.247 e. The molecule has 0 saturated heterocycles. The molecule has 0 saturated carbocycles. The van der Waals surface area contributed by atoms with Gasteiger partial charge in [0.15, 0.2) is 0 Å². The van der Waals surface area contributed by atoms with Crippen LogP contribution in [0.2, 0.25) is 0 Å². The first-order valence-corrected chi connectivity index (χ1v) is 11.9. The van der Waals surface area contributed by atoms with Crippen molar-refractivity contribution in [1.29, 1.82) is 0 Å². The zero-order chi connectivity index (χ0) is 25.7. The van der Waals surface area contributed by atoms with Crippen molar-refractivity contribution in [3.05, 3.63) is 83.9 Å². The maximum absolute atomic E-state index is 13.8. The largest absolute Gasteiger partial charge is 0.497 e. The Bertz CT molecular complexity index is 1350. The summed E-state index contributed by atoms with van der Waals surface area (Å²) in [5, 5.41) is 11.3. The lowest BCUT2D eigenvalue weighted by atomic mass is 9.99. The molecular weight excluding hydrogens is 454 g/mol. The van der Waals surface area contributed by atoms with Gasteiger partial charge in [0, 0.05) is 12.2 Å². The molecule has 0 aliphatic rings. The molecule has 1 aromatic heterocycles. The maximum atomic E-state index is 13.8. The highest BCUT2D eigenvalue weighted by atomic mass is 16.5. The van der Waals surface area contributed by atoms with Crippen molar-refractivity contribution in [2.45, 2.75) is 39.9 Å². The zero-order valence-electron chi connectivity index (χ0n) is 21.0. The number of fused-ring (bicyclic) bond motifs is 1. The van der Waals surface area contributed by atoms with Gasteiger partial charge >= 0.3 is 0 Å². The van der Waals surface area contributed by atoms with E-state index in [1.165, 1.54) is 0 Å². The second-order valence-corrected chi connectivity index (χ2v) is 9.09. The van der Waals surface area contributed by atoms with Crippen molar-refractivity contribution in [3.8, 4) is 5.75 Å².